The molecule has 0 bridgehead atoms. The van der Waals surface area contributed by atoms with E-state index in [1.54, 1.807) is 49.6 Å². The molecule has 8 heteroatoms. The average Bonchev–Trinajstić information content (AvgIpc) is 3.21. The van der Waals surface area contributed by atoms with Crippen molar-refractivity contribution in [2.45, 2.75) is 6.42 Å². The number of hydrogen-bond donors (Lipinski definition) is 2. The Hall–Kier alpha value is -3.78. The van der Waals surface area contributed by atoms with Gasteiger partial charge in [-0.2, -0.15) is 0 Å². The first-order chi connectivity index (χ1) is 15.0. The van der Waals surface area contributed by atoms with Crippen molar-refractivity contribution in [2.24, 2.45) is 0 Å². The van der Waals surface area contributed by atoms with Gasteiger partial charge in [0, 0.05) is 50.2 Å². The lowest BCUT2D eigenvalue weighted by Gasteiger charge is -2.11. The van der Waals surface area contributed by atoms with Gasteiger partial charge in [0.05, 0.1) is 18.0 Å². The minimum atomic E-state index is -0.0552. The highest BCUT2D eigenvalue weighted by Gasteiger charge is 2.20. The van der Waals surface area contributed by atoms with Gasteiger partial charge in [0.15, 0.2) is 0 Å². The molecule has 1 aliphatic carbocycles. The van der Waals surface area contributed by atoms with Gasteiger partial charge in [-0.25, -0.2) is 9.97 Å². The molecule has 0 unspecified atom stereocenters. The molecule has 0 fully saturated rings. The van der Waals surface area contributed by atoms with E-state index >= 15 is 0 Å². The Balaban J connectivity index is 1.50. The molecule has 4 rings (SSSR count). The maximum atomic E-state index is 12.2. The van der Waals surface area contributed by atoms with Crippen LogP contribution in [0.2, 0.25) is 0 Å². The van der Waals surface area contributed by atoms with Gasteiger partial charge >= 0.3 is 0 Å². The van der Waals surface area contributed by atoms with E-state index in [2.05, 4.69) is 20.3 Å². The molecule has 31 heavy (non-hydrogen) atoms. The Morgan fingerprint density at radius 3 is 2.77 bits per heavy atom. The van der Waals surface area contributed by atoms with Crippen LogP contribution < -0.4 is 10.1 Å². The summed E-state index contributed by atoms with van der Waals surface area (Å²) < 4.78 is 5.45. The summed E-state index contributed by atoms with van der Waals surface area (Å²) in [5.41, 5.74) is 5.05. The number of pyridine rings is 1. The Bertz CT molecular complexity index is 1140. The van der Waals surface area contributed by atoms with Crippen LogP contribution in [0.15, 0.2) is 54.4 Å². The lowest BCUT2D eigenvalue weighted by Crippen LogP contribution is -2.23. The van der Waals surface area contributed by atoms with Gasteiger partial charge in [0.2, 0.25) is 11.9 Å². The summed E-state index contributed by atoms with van der Waals surface area (Å²) >= 11 is 0. The summed E-state index contributed by atoms with van der Waals surface area (Å²) in [7, 11) is 3.51. The number of hydrogen-bond acceptors (Lipinski definition) is 7. The Morgan fingerprint density at radius 1 is 1.13 bits per heavy atom. The van der Waals surface area contributed by atoms with E-state index in [-0.39, 0.29) is 19.1 Å². The highest BCUT2D eigenvalue weighted by molar-refractivity contribution is 6.00. The van der Waals surface area contributed by atoms with Gasteiger partial charge < -0.3 is 20.1 Å². The molecular formula is C23H23N5O3. The molecule has 0 aliphatic heterocycles. The standard InChI is InChI=1S/C23H23N5O3/c1-28(2)22(30)17-11-15-3-4-18(13-16(15)12-17)26-23-25-8-6-20(27-23)21-14-19(5-7-24-21)31-10-9-29/h3-8,11,13-14,29H,9-10,12H2,1-2H3,(H,25,26,27). The van der Waals surface area contributed by atoms with Crippen molar-refractivity contribution in [3.05, 3.63) is 65.5 Å². The molecule has 0 saturated heterocycles. The summed E-state index contributed by atoms with van der Waals surface area (Å²) in [6, 6.07) is 11.2. The molecule has 1 aliphatic rings. The summed E-state index contributed by atoms with van der Waals surface area (Å²) in [6.07, 6.45) is 5.84. The predicted octanol–water partition coefficient (Wildman–Crippen LogP) is 2.68. The number of ether oxygens (including phenoxy) is 1. The van der Waals surface area contributed by atoms with Crippen molar-refractivity contribution in [2.75, 3.05) is 32.6 Å². The van der Waals surface area contributed by atoms with Crippen LogP contribution in [0.4, 0.5) is 11.6 Å². The molecule has 8 nitrogen and oxygen atoms in total. The SMILES string of the molecule is CN(C)C(=O)C1=Cc2ccc(Nc3nccc(-c4cc(OCCO)ccn4)n3)cc2C1. The van der Waals surface area contributed by atoms with E-state index in [9.17, 15) is 4.79 Å². The number of aromatic nitrogens is 3. The molecule has 0 atom stereocenters. The highest BCUT2D eigenvalue weighted by atomic mass is 16.5. The third-order valence-electron chi connectivity index (χ3n) is 4.80. The predicted molar refractivity (Wildman–Crippen MR) is 118 cm³/mol. The third kappa shape index (κ3) is 4.70. The van der Waals surface area contributed by atoms with Crippen LogP contribution in [0.25, 0.3) is 17.5 Å². The number of rotatable bonds is 7. The van der Waals surface area contributed by atoms with Crippen LogP contribution in [-0.4, -0.2) is 58.2 Å². The second-order valence-electron chi connectivity index (χ2n) is 7.30. The van der Waals surface area contributed by atoms with Crippen molar-refractivity contribution in [1.29, 1.82) is 0 Å². The third-order valence-corrected chi connectivity index (χ3v) is 4.80. The summed E-state index contributed by atoms with van der Waals surface area (Å²) in [4.78, 5) is 27.0. The maximum Gasteiger partial charge on any atom is 0.249 e. The molecule has 0 radical (unpaired) electrons. The molecular weight excluding hydrogens is 394 g/mol. The number of aliphatic hydroxyl groups excluding tert-OH is 1. The number of anilines is 2. The lowest BCUT2D eigenvalue weighted by molar-refractivity contribution is -0.124. The number of aliphatic hydroxyl groups is 1. The number of benzene rings is 1. The van der Waals surface area contributed by atoms with Gasteiger partial charge in [-0.05, 0) is 41.5 Å². The normalized spacial score (nSPS) is 12.2. The molecule has 3 aromatic rings. The van der Waals surface area contributed by atoms with Crippen molar-refractivity contribution >= 4 is 23.6 Å². The van der Waals surface area contributed by atoms with Crippen LogP contribution in [0, 0.1) is 0 Å². The topological polar surface area (TPSA) is 100 Å². The number of likely N-dealkylation sites (N-methyl/N-ethyl adjacent to an activating group) is 1. The molecule has 2 aromatic heterocycles. The van der Waals surface area contributed by atoms with Crippen molar-refractivity contribution in [3.8, 4) is 17.1 Å². The second-order valence-corrected chi connectivity index (χ2v) is 7.30. The summed E-state index contributed by atoms with van der Waals surface area (Å²) in [5, 5.41) is 12.1. The van der Waals surface area contributed by atoms with E-state index < -0.39 is 0 Å². The number of carbonyl (C=O) groups is 1. The summed E-state index contributed by atoms with van der Waals surface area (Å²) in [5.74, 6) is 1.08. The first kappa shape index (κ1) is 20.5. The zero-order chi connectivity index (χ0) is 21.8. The van der Waals surface area contributed by atoms with Gasteiger partial charge in [-0.1, -0.05) is 6.07 Å². The van der Waals surface area contributed by atoms with Crippen molar-refractivity contribution < 1.29 is 14.6 Å². The van der Waals surface area contributed by atoms with E-state index in [1.807, 2.05) is 24.3 Å². The van der Waals surface area contributed by atoms with E-state index in [1.165, 1.54) is 0 Å². The molecule has 2 N–H and O–H groups in total. The van der Waals surface area contributed by atoms with Crippen molar-refractivity contribution in [3.63, 3.8) is 0 Å². The molecule has 0 spiro atoms. The Morgan fingerprint density at radius 2 is 1.97 bits per heavy atom. The van der Waals surface area contributed by atoms with Crippen LogP contribution >= 0.6 is 0 Å². The molecule has 0 saturated carbocycles. The Kier molecular flexibility index (Phi) is 5.90. The van der Waals surface area contributed by atoms with E-state index in [4.69, 9.17) is 9.84 Å². The van der Waals surface area contributed by atoms with Gasteiger partial charge in [0.25, 0.3) is 0 Å². The van der Waals surface area contributed by atoms with Crippen LogP contribution in [0.5, 0.6) is 5.75 Å². The number of carbonyl (C=O) groups excluding carboxylic acids is 1. The van der Waals surface area contributed by atoms with Crippen LogP contribution in [0.3, 0.4) is 0 Å². The fourth-order valence-corrected chi connectivity index (χ4v) is 3.34. The molecule has 158 valence electrons. The number of nitrogens with zero attached hydrogens (tertiary/aromatic N) is 4. The van der Waals surface area contributed by atoms with E-state index in [0.717, 1.165) is 22.4 Å². The zero-order valence-corrected chi connectivity index (χ0v) is 17.4. The molecule has 1 aromatic carbocycles. The first-order valence-corrected chi connectivity index (χ1v) is 9.89. The van der Waals surface area contributed by atoms with Crippen molar-refractivity contribution in [1.82, 2.24) is 19.9 Å². The highest BCUT2D eigenvalue weighted by Crippen LogP contribution is 2.29. The average molecular weight is 417 g/mol. The monoisotopic (exact) mass is 417 g/mol. The Labute approximate surface area is 180 Å². The summed E-state index contributed by atoms with van der Waals surface area (Å²) in [6.45, 7) is 0.162. The largest absolute Gasteiger partial charge is 0.491 e. The fourth-order valence-electron chi connectivity index (χ4n) is 3.34. The quantitative estimate of drug-likeness (QED) is 0.610. The van der Waals surface area contributed by atoms with Crippen LogP contribution in [-0.2, 0) is 11.2 Å². The van der Waals surface area contributed by atoms with Gasteiger partial charge in [-0.15, -0.1) is 0 Å². The minimum absolute atomic E-state index is 0.0273. The maximum absolute atomic E-state index is 12.2. The smallest absolute Gasteiger partial charge is 0.249 e. The first-order valence-electron chi connectivity index (χ1n) is 9.89. The number of amides is 1. The number of fused-ring (bicyclic) bond motifs is 1. The lowest BCUT2D eigenvalue weighted by atomic mass is 10.1. The van der Waals surface area contributed by atoms with Gasteiger partial charge in [0.1, 0.15) is 12.4 Å². The van der Waals surface area contributed by atoms with E-state index in [0.29, 0.717) is 29.5 Å². The van der Waals surface area contributed by atoms with Gasteiger partial charge in [-0.3, -0.25) is 9.78 Å². The second kappa shape index (κ2) is 8.93. The minimum Gasteiger partial charge on any atom is -0.491 e. The molecule has 2 heterocycles. The fraction of sp³-hybridized carbons (Fsp3) is 0.217. The number of nitrogens with one attached hydrogen (secondary N) is 1. The zero-order valence-electron chi connectivity index (χ0n) is 17.4. The molecule has 1 amide bonds. The van der Waals surface area contributed by atoms with Crippen LogP contribution in [0.1, 0.15) is 11.1 Å².